The van der Waals surface area contributed by atoms with E-state index >= 15 is 0 Å². The summed E-state index contributed by atoms with van der Waals surface area (Å²) in [5, 5.41) is 22.4. The molecule has 8 atom stereocenters. The Balaban J connectivity index is 1.26. The molecule has 0 aliphatic carbocycles. The van der Waals surface area contributed by atoms with Gasteiger partial charge in [0.1, 0.15) is 24.6 Å². The molecular weight excluding hydrogens is 779 g/mol. The lowest BCUT2D eigenvalue weighted by Crippen LogP contribution is -2.62. The Kier molecular flexibility index (Phi) is 15.8. The molecule has 0 saturated carbocycles. The number of thioether (sulfide) groups is 1. The molecule has 2 aliphatic heterocycles. The number of ether oxygens (including phenoxy) is 7. The average molecular weight is 826 g/mol. The molecule has 306 valence electrons. The van der Waals surface area contributed by atoms with Crippen molar-refractivity contribution >= 4 is 52.8 Å². The second kappa shape index (κ2) is 20.7. The molecule has 3 aromatic carbocycles. The Bertz CT molecular complexity index is 1840. The summed E-state index contributed by atoms with van der Waals surface area (Å²) < 4.78 is 40.8. The van der Waals surface area contributed by atoms with E-state index in [1.807, 2.05) is 60.7 Å². The number of aliphatic hydroxyl groups is 1. The summed E-state index contributed by atoms with van der Waals surface area (Å²) >= 11 is 7.31. The van der Waals surface area contributed by atoms with Gasteiger partial charge in [0.15, 0.2) is 24.6 Å². The third kappa shape index (κ3) is 13.0. The zero-order valence-electron chi connectivity index (χ0n) is 32.0. The predicted octanol–water partition coefficient (Wildman–Crippen LogP) is 5.15. The number of carbonyl (C=O) groups is 4. The minimum Gasteiger partial charge on any atom is -0.508 e. The van der Waals surface area contributed by atoms with Gasteiger partial charge in [0, 0.05) is 63.3 Å². The van der Waals surface area contributed by atoms with Crippen LogP contribution in [0.1, 0.15) is 75.2 Å². The summed E-state index contributed by atoms with van der Waals surface area (Å²) in [4.78, 5) is 49.4. The molecule has 5 rings (SSSR count). The molecule has 2 saturated heterocycles. The second-order valence-corrected chi connectivity index (χ2v) is 15.2. The van der Waals surface area contributed by atoms with Gasteiger partial charge in [-0.1, -0.05) is 60.7 Å². The SMILES string of the molecule is CC(=O)OC[C@H]1O[C@@H](CC(=S)NCc2ccc(C3O[C@H](CSc4ccc(O)cc4)C[C@H](c4ccc(CO)cc4)O3)cc2)[C@H](OC(C)=O)[C@@H](OC(C)=O)[C@@H]1OC(C)=O. The Morgan fingerprint density at radius 3 is 1.91 bits per heavy atom. The van der Waals surface area contributed by atoms with Crippen LogP contribution in [0.3, 0.4) is 0 Å². The lowest BCUT2D eigenvalue weighted by Gasteiger charge is -2.44. The fraction of sp³-hybridized carbons (Fsp3) is 0.439. The summed E-state index contributed by atoms with van der Waals surface area (Å²) in [6.45, 7) is 4.66. The van der Waals surface area contributed by atoms with E-state index < -0.39 is 60.7 Å². The highest BCUT2D eigenvalue weighted by molar-refractivity contribution is 7.99. The minimum atomic E-state index is -1.28. The number of carbonyl (C=O) groups excluding carboxylic acids is 4. The molecule has 14 nitrogen and oxygen atoms in total. The molecule has 3 N–H and O–H groups in total. The molecule has 0 radical (unpaired) electrons. The van der Waals surface area contributed by atoms with Crippen molar-refractivity contribution in [3.8, 4) is 5.75 Å². The van der Waals surface area contributed by atoms with Crippen LogP contribution in [0.4, 0.5) is 0 Å². The molecule has 2 aliphatic rings. The number of phenols is 1. The first kappa shape index (κ1) is 43.5. The van der Waals surface area contributed by atoms with E-state index in [1.165, 1.54) is 13.8 Å². The Morgan fingerprint density at radius 2 is 1.32 bits per heavy atom. The first-order chi connectivity index (χ1) is 27.3. The van der Waals surface area contributed by atoms with E-state index in [2.05, 4.69) is 5.32 Å². The zero-order chi connectivity index (χ0) is 41.1. The van der Waals surface area contributed by atoms with E-state index in [4.69, 9.17) is 45.4 Å². The lowest BCUT2D eigenvalue weighted by atomic mass is 9.92. The lowest BCUT2D eigenvalue weighted by molar-refractivity contribution is -0.251. The largest absolute Gasteiger partial charge is 0.508 e. The normalized spacial score (nSPS) is 24.4. The average Bonchev–Trinajstić information content (AvgIpc) is 3.18. The van der Waals surface area contributed by atoms with Gasteiger partial charge in [-0.05, 0) is 41.0 Å². The van der Waals surface area contributed by atoms with Crippen LogP contribution in [-0.2, 0) is 65.5 Å². The highest BCUT2D eigenvalue weighted by atomic mass is 32.2. The molecule has 0 bridgehead atoms. The number of aliphatic hydroxyl groups excluding tert-OH is 1. The van der Waals surface area contributed by atoms with Crippen molar-refractivity contribution in [2.45, 2.75) is 108 Å². The number of hydrogen-bond donors (Lipinski definition) is 3. The van der Waals surface area contributed by atoms with Gasteiger partial charge in [0.05, 0.1) is 23.8 Å². The number of benzene rings is 3. The van der Waals surface area contributed by atoms with Gasteiger partial charge >= 0.3 is 23.9 Å². The van der Waals surface area contributed by atoms with Crippen LogP contribution < -0.4 is 5.32 Å². The van der Waals surface area contributed by atoms with Crippen molar-refractivity contribution in [1.29, 1.82) is 0 Å². The molecule has 1 unspecified atom stereocenters. The fourth-order valence-corrected chi connectivity index (χ4v) is 7.64. The van der Waals surface area contributed by atoms with Crippen molar-refractivity contribution < 1.29 is 62.5 Å². The maximum absolute atomic E-state index is 12.2. The van der Waals surface area contributed by atoms with Gasteiger partial charge in [-0.3, -0.25) is 19.2 Å². The van der Waals surface area contributed by atoms with Gasteiger partial charge in [-0.2, -0.15) is 0 Å². The minimum absolute atomic E-state index is 0.0143. The maximum atomic E-state index is 12.2. The Morgan fingerprint density at radius 1 is 0.737 bits per heavy atom. The van der Waals surface area contributed by atoms with Gasteiger partial charge in [0.2, 0.25) is 0 Å². The first-order valence-electron chi connectivity index (χ1n) is 18.4. The van der Waals surface area contributed by atoms with E-state index in [9.17, 15) is 29.4 Å². The number of nitrogens with one attached hydrogen (secondary N) is 1. The van der Waals surface area contributed by atoms with Crippen LogP contribution in [-0.4, -0.2) is 88.1 Å². The zero-order valence-corrected chi connectivity index (χ0v) is 33.6. The summed E-state index contributed by atoms with van der Waals surface area (Å²) in [7, 11) is 0. The summed E-state index contributed by atoms with van der Waals surface area (Å²) in [5.41, 5.74) is 3.49. The van der Waals surface area contributed by atoms with Crippen LogP contribution in [0.25, 0.3) is 0 Å². The third-order valence-electron chi connectivity index (χ3n) is 9.10. The molecule has 16 heteroatoms. The third-order valence-corrected chi connectivity index (χ3v) is 10.6. The van der Waals surface area contributed by atoms with E-state index in [0.717, 1.165) is 41.0 Å². The number of aromatic hydroxyl groups is 1. The highest BCUT2D eigenvalue weighted by Crippen LogP contribution is 2.40. The molecule has 0 spiro atoms. The van der Waals surface area contributed by atoms with Crippen LogP contribution in [0.5, 0.6) is 5.75 Å². The van der Waals surface area contributed by atoms with Crippen LogP contribution >= 0.6 is 24.0 Å². The summed E-state index contributed by atoms with van der Waals surface area (Å²) in [6.07, 6.45) is -6.20. The quantitative estimate of drug-likeness (QED) is 0.0790. The van der Waals surface area contributed by atoms with Crippen molar-refractivity contribution in [3.05, 3.63) is 95.1 Å². The van der Waals surface area contributed by atoms with Gasteiger partial charge < -0.3 is 48.7 Å². The molecule has 0 amide bonds. The van der Waals surface area contributed by atoms with Gasteiger partial charge in [-0.15, -0.1) is 11.8 Å². The second-order valence-electron chi connectivity index (χ2n) is 13.6. The van der Waals surface area contributed by atoms with Crippen molar-refractivity contribution in [1.82, 2.24) is 5.32 Å². The van der Waals surface area contributed by atoms with Gasteiger partial charge in [-0.25, -0.2) is 0 Å². The maximum Gasteiger partial charge on any atom is 0.303 e. The van der Waals surface area contributed by atoms with Crippen molar-refractivity contribution in [3.63, 3.8) is 0 Å². The Labute approximate surface area is 340 Å². The van der Waals surface area contributed by atoms with E-state index in [1.54, 1.807) is 23.9 Å². The summed E-state index contributed by atoms with van der Waals surface area (Å²) in [6, 6.07) is 22.4. The van der Waals surface area contributed by atoms with Crippen LogP contribution in [0.15, 0.2) is 77.7 Å². The number of phenolic OH excluding ortho intramolecular Hbond substituents is 1. The van der Waals surface area contributed by atoms with Crippen LogP contribution in [0, 0.1) is 0 Å². The van der Waals surface area contributed by atoms with Crippen molar-refractivity contribution in [2.24, 2.45) is 0 Å². The highest BCUT2D eigenvalue weighted by Gasteiger charge is 2.52. The standard InChI is InChI=1S/C41H47NO13S2/c1-23(44)49-21-36-39(51-25(3)46)40(52-26(4)47)38(50-24(2)45)35(54-36)18-37(56)42-19-27-5-11-30(12-6-27)41-53-32(22-57-33-15-13-31(48)14-16-33)17-34(55-41)29-9-7-28(20-43)8-10-29/h5-16,32,34-36,38-41,43,48H,17-22H2,1-4H3,(H,42,56)/t32-,34+,35-,36+,38-,39+,40+,41?/m0/s1. The number of rotatable bonds is 15. The van der Waals surface area contributed by atoms with Crippen molar-refractivity contribution in [2.75, 3.05) is 12.4 Å². The topological polar surface area (TPSA) is 185 Å². The monoisotopic (exact) mass is 825 g/mol. The smallest absolute Gasteiger partial charge is 0.303 e. The number of hydrogen-bond acceptors (Lipinski definition) is 15. The molecule has 2 heterocycles. The number of esters is 4. The molecule has 3 aromatic rings. The molecule has 2 fully saturated rings. The molecule has 0 aromatic heterocycles. The van der Waals surface area contributed by atoms with E-state index in [-0.39, 0.29) is 37.6 Å². The predicted molar refractivity (Wildman–Crippen MR) is 210 cm³/mol. The van der Waals surface area contributed by atoms with E-state index in [0.29, 0.717) is 23.7 Å². The molecular formula is C41H47NO13S2. The van der Waals surface area contributed by atoms with Crippen LogP contribution in [0.2, 0.25) is 0 Å². The number of thiocarbonyl (C=S) groups is 1. The first-order valence-corrected chi connectivity index (χ1v) is 19.8. The fourth-order valence-electron chi connectivity index (χ4n) is 6.48. The molecule has 57 heavy (non-hydrogen) atoms. The van der Waals surface area contributed by atoms with Gasteiger partial charge in [0.25, 0.3) is 0 Å². The summed E-state index contributed by atoms with van der Waals surface area (Å²) in [5.74, 6) is -1.86. The Hall–Kier alpha value is -4.58.